The molecule has 5 nitrogen and oxygen atoms in total. The van der Waals surface area contributed by atoms with Crippen molar-refractivity contribution in [1.82, 2.24) is 10.2 Å². The molecule has 0 aliphatic rings. The van der Waals surface area contributed by atoms with Crippen LogP contribution in [0.2, 0.25) is 0 Å². The highest BCUT2D eigenvalue weighted by molar-refractivity contribution is 5.93. The standard InChI is InChI=1S/C7H11N3O2/c1-2-3-12-5-4-9-10-6(5)7(8)11/h4H,2-3H2,1H3,(H2,8,11)(H,9,10). The van der Waals surface area contributed by atoms with Crippen LogP contribution < -0.4 is 10.5 Å². The second-order valence-corrected chi connectivity index (χ2v) is 2.32. The second-order valence-electron chi connectivity index (χ2n) is 2.32. The van der Waals surface area contributed by atoms with E-state index in [9.17, 15) is 4.79 Å². The van der Waals surface area contributed by atoms with E-state index in [0.29, 0.717) is 12.4 Å². The fourth-order valence-corrected chi connectivity index (χ4v) is 0.773. The fourth-order valence-electron chi connectivity index (χ4n) is 0.773. The Hall–Kier alpha value is -1.52. The Morgan fingerprint density at radius 1 is 1.83 bits per heavy atom. The first-order chi connectivity index (χ1) is 5.75. The summed E-state index contributed by atoms with van der Waals surface area (Å²) in [4.78, 5) is 10.7. The number of aromatic nitrogens is 2. The third kappa shape index (κ3) is 1.75. The van der Waals surface area contributed by atoms with E-state index >= 15 is 0 Å². The molecule has 1 aromatic heterocycles. The van der Waals surface area contributed by atoms with Crippen molar-refractivity contribution in [2.75, 3.05) is 6.61 Å². The van der Waals surface area contributed by atoms with Gasteiger partial charge in [-0.15, -0.1) is 0 Å². The number of nitrogens with zero attached hydrogens (tertiary/aromatic N) is 1. The molecule has 0 saturated heterocycles. The zero-order valence-electron chi connectivity index (χ0n) is 6.83. The molecule has 0 radical (unpaired) electrons. The molecule has 0 aliphatic carbocycles. The van der Waals surface area contributed by atoms with Gasteiger partial charge in [0.1, 0.15) is 0 Å². The molecule has 66 valence electrons. The van der Waals surface area contributed by atoms with Crippen LogP contribution in [0.3, 0.4) is 0 Å². The Labute approximate surface area is 69.9 Å². The van der Waals surface area contributed by atoms with Crippen LogP contribution in [0.1, 0.15) is 23.8 Å². The van der Waals surface area contributed by atoms with E-state index in [2.05, 4.69) is 10.2 Å². The SMILES string of the molecule is CCCOc1cn[nH]c1C(N)=O. The van der Waals surface area contributed by atoms with Gasteiger partial charge in [-0.25, -0.2) is 0 Å². The molecule has 0 unspecified atom stereocenters. The molecule has 1 rings (SSSR count). The van der Waals surface area contributed by atoms with Crippen molar-refractivity contribution < 1.29 is 9.53 Å². The van der Waals surface area contributed by atoms with Crippen molar-refractivity contribution >= 4 is 5.91 Å². The lowest BCUT2D eigenvalue weighted by Crippen LogP contribution is -2.13. The predicted octanol–water partition coefficient (Wildman–Crippen LogP) is 0.297. The first kappa shape index (κ1) is 8.58. The minimum Gasteiger partial charge on any atom is -0.489 e. The summed E-state index contributed by atoms with van der Waals surface area (Å²) in [5.74, 6) is -0.136. The van der Waals surface area contributed by atoms with Gasteiger partial charge < -0.3 is 10.5 Å². The monoisotopic (exact) mass is 169 g/mol. The molecule has 5 heteroatoms. The number of aromatic amines is 1. The van der Waals surface area contributed by atoms with Gasteiger partial charge >= 0.3 is 0 Å². The van der Waals surface area contributed by atoms with E-state index < -0.39 is 5.91 Å². The highest BCUT2D eigenvalue weighted by Crippen LogP contribution is 2.13. The lowest BCUT2D eigenvalue weighted by Gasteiger charge is -2.01. The zero-order valence-corrected chi connectivity index (χ0v) is 6.83. The molecule has 1 aromatic rings. The topological polar surface area (TPSA) is 81.0 Å². The summed E-state index contributed by atoms with van der Waals surface area (Å²) < 4.78 is 5.19. The smallest absolute Gasteiger partial charge is 0.270 e. The van der Waals surface area contributed by atoms with Crippen molar-refractivity contribution in [3.8, 4) is 5.75 Å². The number of carbonyl (C=O) groups excluding carboxylic acids is 1. The van der Waals surface area contributed by atoms with Crippen LogP contribution in [0.25, 0.3) is 0 Å². The average molecular weight is 169 g/mol. The normalized spacial score (nSPS) is 9.75. The van der Waals surface area contributed by atoms with Crippen LogP contribution >= 0.6 is 0 Å². The highest BCUT2D eigenvalue weighted by atomic mass is 16.5. The lowest BCUT2D eigenvalue weighted by atomic mass is 10.4. The molecule has 1 heterocycles. The van der Waals surface area contributed by atoms with Crippen LogP contribution in [0, 0.1) is 0 Å². The number of nitrogens with two attached hydrogens (primary N) is 1. The molecule has 0 aliphatic heterocycles. The number of ether oxygens (including phenoxy) is 1. The van der Waals surface area contributed by atoms with E-state index in [0.717, 1.165) is 6.42 Å². The number of primary amides is 1. The summed E-state index contributed by atoms with van der Waals surface area (Å²) in [7, 11) is 0. The van der Waals surface area contributed by atoms with Crippen molar-refractivity contribution in [3.05, 3.63) is 11.9 Å². The fraction of sp³-hybridized carbons (Fsp3) is 0.429. The molecule has 1 amide bonds. The lowest BCUT2D eigenvalue weighted by molar-refractivity contribution is 0.0991. The summed E-state index contributed by atoms with van der Waals surface area (Å²) in [5, 5.41) is 6.11. The Kier molecular flexibility index (Phi) is 2.68. The third-order valence-electron chi connectivity index (χ3n) is 1.31. The molecule has 0 spiro atoms. The summed E-state index contributed by atoms with van der Waals surface area (Å²) in [6.45, 7) is 2.53. The van der Waals surface area contributed by atoms with Crippen molar-refractivity contribution in [3.63, 3.8) is 0 Å². The Balaban J connectivity index is 2.70. The van der Waals surface area contributed by atoms with Crippen LogP contribution in [-0.4, -0.2) is 22.7 Å². The molecule has 0 aromatic carbocycles. The minimum atomic E-state index is -0.557. The van der Waals surface area contributed by atoms with Gasteiger partial charge in [-0.05, 0) is 6.42 Å². The number of amides is 1. The summed E-state index contributed by atoms with van der Waals surface area (Å²) >= 11 is 0. The van der Waals surface area contributed by atoms with Gasteiger partial charge in [0.25, 0.3) is 5.91 Å². The minimum absolute atomic E-state index is 0.225. The first-order valence-corrected chi connectivity index (χ1v) is 3.71. The largest absolute Gasteiger partial charge is 0.489 e. The third-order valence-corrected chi connectivity index (χ3v) is 1.31. The Bertz CT molecular complexity index is 269. The maximum Gasteiger partial charge on any atom is 0.270 e. The predicted molar refractivity (Wildman–Crippen MR) is 42.9 cm³/mol. The summed E-state index contributed by atoms with van der Waals surface area (Å²) in [6, 6.07) is 0. The van der Waals surface area contributed by atoms with Gasteiger partial charge in [0.05, 0.1) is 12.8 Å². The number of H-pyrrole nitrogens is 1. The first-order valence-electron chi connectivity index (χ1n) is 3.71. The molecule has 0 fully saturated rings. The quantitative estimate of drug-likeness (QED) is 0.680. The van der Waals surface area contributed by atoms with Gasteiger partial charge in [0.2, 0.25) is 0 Å². The Morgan fingerprint density at radius 3 is 3.17 bits per heavy atom. The van der Waals surface area contributed by atoms with Crippen LogP contribution in [0.15, 0.2) is 6.20 Å². The summed E-state index contributed by atoms with van der Waals surface area (Å²) in [6.07, 6.45) is 2.32. The van der Waals surface area contributed by atoms with Gasteiger partial charge in [-0.3, -0.25) is 9.89 Å². The van der Waals surface area contributed by atoms with Crippen LogP contribution in [0.4, 0.5) is 0 Å². The van der Waals surface area contributed by atoms with Gasteiger partial charge in [0.15, 0.2) is 11.4 Å². The van der Waals surface area contributed by atoms with Gasteiger partial charge in [-0.1, -0.05) is 6.92 Å². The van der Waals surface area contributed by atoms with Crippen LogP contribution in [0.5, 0.6) is 5.75 Å². The van der Waals surface area contributed by atoms with E-state index in [4.69, 9.17) is 10.5 Å². The molecular formula is C7H11N3O2. The van der Waals surface area contributed by atoms with E-state index in [1.54, 1.807) is 0 Å². The van der Waals surface area contributed by atoms with Crippen molar-refractivity contribution in [1.29, 1.82) is 0 Å². The zero-order chi connectivity index (χ0) is 8.97. The van der Waals surface area contributed by atoms with E-state index in [1.807, 2.05) is 6.92 Å². The number of hydrogen-bond acceptors (Lipinski definition) is 3. The highest BCUT2D eigenvalue weighted by Gasteiger charge is 2.10. The van der Waals surface area contributed by atoms with E-state index in [-0.39, 0.29) is 5.69 Å². The Morgan fingerprint density at radius 2 is 2.58 bits per heavy atom. The molecule has 3 N–H and O–H groups in total. The molecular weight excluding hydrogens is 158 g/mol. The number of rotatable bonds is 4. The summed E-state index contributed by atoms with van der Waals surface area (Å²) in [5.41, 5.74) is 5.27. The number of hydrogen-bond donors (Lipinski definition) is 2. The van der Waals surface area contributed by atoms with Gasteiger partial charge in [-0.2, -0.15) is 5.10 Å². The maximum atomic E-state index is 10.7. The van der Waals surface area contributed by atoms with Crippen LogP contribution in [-0.2, 0) is 0 Å². The second kappa shape index (κ2) is 3.75. The molecule has 0 bridgehead atoms. The van der Waals surface area contributed by atoms with Crippen molar-refractivity contribution in [2.45, 2.75) is 13.3 Å². The van der Waals surface area contributed by atoms with Gasteiger partial charge in [0, 0.05) is 0 Å². The molecule has 0 saturated carbocycles. The number of nitrogens with one attached hydrogen (secondary N) is 1. The maximum absolute atomic E-state index is 10.7. The molecule has 12 heavy (non-hydrogen) atoms. The molecule has 0 atom stereocenters. The average Bonchev–Trinajstić information content (AvgIpc) is 2.48. The van der Waals surface area contributed by atoms with Crippen molar-refractivity contribution in [2.24, 2.45) is 5.73 Å². The van der Waals surface area contributed by atoms with E-state index in [1.165, 1.54) is 6.20 Å². The number of carbonyl (C=O) groups is 1.